The van der Waals surface area contributed by atoms with Gasteiger partial charge in [0.05, 0.1) is 25.2 Å². The summed E-state index contributed by atoms with van der Waals surface area (Å²) >= 11 is 0. The number of hydrogen-bond donors (Lipinski definition) is 0. The van der Waals surface area contributed by atoms with E-state index in [2.05, 4.69) is 189 Å². The van der Waals surface area contributed by atoms with Crippen LogP contribution in [0.5, 0.6) is 11.5 Å². The topological polar surface area (TPSA) is 46.1 Å². The van der Waals surface area contributed by atoms with Gasteiger partial charge in [-0.25, -0.2) is 0 Å². The molecule has 0 atom stereocenters. The molecule has 0 saturated heterocycles. The number of benzene rings is 6. The number of para-hydroxylation sites is 2. The van der Waals surface area contributed by atoms with Gasteiger partial charge in [0.15, 0.2) is 0 Å². The molecule has 0 aromatic heterocycles. The molecule has 6 rings (SSSR count). The number of hydrogen-bond acceptors (Lipinski definition) is 2. The minimum Gasteiger partial charge on any atom is -0.872 e. The molecule has 310 valence electrons. The first kappa shape index (κ1) is 53.0. The van der Waals surface area contributed by atoms with Crippen molar-refractivity contribution in [2.75, 3.05) is 6.66 Å². The normalized spacial score (nSPS) is 11.1. The van der Waals surface area contributed by atoms with Gasteiger partial charge in [-0.05, 0) is 59.8 Å². The van der Waals surface area contributed by atoms with Crippen LogP contribution in [-0.4, -0.2) is 6.66 Å². The molecule has 0 saturated carbocycles. The van der Waals surface area contributed by atoms with Crippen LogP contribution in [0.4, 0.5) is 0 Å². The molecule has 2 nitrogen and oxygen atoms in total. The first-order chi connectivity index (χ1) is 26.9. The summed E-state index contributed by atoms with van der Waals surface area (Å²) in [5, 5.41) is 27.5. The molecule has 0 fully saturated rings. The van der Waals surface area contributed by atoms with Gasteiger partial charge in [-0.2, -0.15) is 0 Å². The van der Waals surface area contributed by atoms with Gasteiger partial charge in [-0.1, -0.05) is 250 Å². The van der Waals surface area contributed by atoms with Crippen molar-refractivity contribution in [3.63, 3.8) is 0 Å². The molecular weight excluding hydrogens is 789 g/mol. The fourth-order valence-electron chi connectivity index (χ4n) is 6.05. The largest absolute Gasteiger partial charge is 2.00 e. The predicted octanol–water partition coefficient (Wildman–Crippen LogP) is 13.2. The van der Waals surface area contributed by atoms with Crippen molar-refractivity contribution in [1.29, 1.82) is 0 Å². The van der Waals surface area contributed by atoms with Gasteiger partial charge >= 0.3 is 19.5 Å². The van der Waals surface area contributed by atoms with E-state index in [1.165, 1.54) is 21.7 Å². The molecule has 4 heteroatoms. The average Bonchev–Trinajstić information content (AvgIpc) is 3.15. The van der Waals surface area contributed by atoms with Crippen molar-refractivity contribution < 1.29 is 29.7 Å². The molecule has 6 aromatic rings. The van der Waals surface area contributed by atoms with E-state index in [1.54, 1.807) is 0 Å². The van der Waals surface area contributed by atoms with Crippen LogP contribution in [0.15, 0.2) is 158 Å². The van der Waals surface area contributed by atoms with Gasteiger partial charge in [0.1, 0.15) is 0 Å². The van der Waals surface area contributed by atoms with Gasteiger partial charge in [-0.3, -0.25) is 0 Å². The SMILES string of the molecule is CC(C)(C)c1cccc(C(C)(C)C)c1[O-].CC(C)(C)c1cccc(C(C)(C)C)c1[O-].C[PH+](c1ccccc1)c1ccccc1.Cc1ccccc1.Cc1ccccc1.[Zn+2]. The Morgan fingerprint density at radius 3 is 0.695 bits per heavy atom. The second-order valence-corrected chi connectivity index (χ2v) is 21.4. The Morgan fingerprint density at radius 2 is 0.525 bits per heavy atom. The maximum Gasteiger partial charge on any atom is 2.00 e. The standard InChI is InChI=1S/2C14H22O.C13H13P.2C7H8.Zn/c2*1-13(2,3)10-8-7-9-11(12(10)15)14(4,5)6;1-14(12-8-4-2-5-9-12)13-10-6-3-7-11-13;2*1-7-5-3-2-4-6-7;/h2*7-9,15H,1-6H3;2-11H,1H3;2*2-6H,1H3;/q;;;;;+2/p-1. The Hall–Kier alpha value is -4.03. The molecule has 0 amide bonds. The van der Waals surface area contributed by atoms with Crippen molar-refractivity contribution >= 4 is 18.5 Å². The van der Waals surface area contributed by atoms with Crippen LogP contribution in [0, 0.1) is 13.8 Å². The van der Waals surface area contributed by atoms with Crippen LogP contribution in [0.3, 0.4) is 0 Å². The number of rotatable bonds is 2. The zero-order valence-corrected chi connectivity index (χ0v) is 43.0. The smallest absolute Gasteiger partial charge is 0.872 e. The summed E-state index contributed by atoms with van der Waals surface area (Å²) in [6.07, 6.45) is 0. The third-order valence-corrected chi connectivity index (χ3v) is 12.0. The zero-order valence-electron chi connectivity index (χ0n) is 39.0. The van der Waals surface area contributed by atoms with E-state index in [4.69, 9.17) is 0 Å². The Kier molecular flexibility index (Phi) is 21.8. The fourth-order valence-corrected chi connectivity index (χ4v) is 7.77. The minimum atomic E-state index is -0.545. The van der Waals surface area contributed by atoms with Crippen molar-refractivity contribution in [3.8, 4) is 11.5 Å². The Labute approximate surface area is 374 Å². The molecule has 0 radical (unpaired) electrons. The van der Waals surface area contributed by atoms with Gasteiger partial charge in [0.2, 0.25) is 0 Å². The maximum absolute atomic E-state index is 12.3. The molecule has 0 spiro atoms. The molecule has 0 bridgehead atoms. The van der Waals surface area contributed by atoms with Crippen molar-refractivity contribution in [1.82, 2.24) is 0 Å². The van der Waals surface area contributed by atoms with Crippen molar-refractivity contribution in [2.24, 2.45) is 0 Å². The monoisotopic (exact) mass is 859 g/mol. The molecule has 0 aliphatic heterocycles. The summed E-state index contributed by atoms with van der Waals surface area (Å²) in [6, 6.07) is 53.8. The molecule has 59 heavy (non-hydrogen) atoms. The minimum absolute atomic E-state index is 0. The number of aryl methyl sites for hydroxylation is 2. The average molecular weight is 862 g/mol. The second kappa shape index (κ2) is 24.3. The summed E-state index contributed by atoms with van der Waals surface area (Å²) in [4.78, 5) is 0. The van der Waals surface area contributed by atoms with Crippen molar-refractivity contribution in [3.05, 3.63) is 191 Å². The maximum atomic E-state index is 12.3. The molecule has 0 N–H and O–H groups in total. The third kappa shape index (κ3) is 18.8. The van der Waals surface area contributed by atoms with E-state index in [0.29, 0.717) is 0 Å². The van der Waals surface area contributed by atoms with Crippen LogP contribution in [0.25, 0.3) is 0 Å². The van der Waals surface area contributed by atoms with Crippen LogP contribution in [0.2, 0.25) is 0 Å². The Bertz CT molecular complexity index is 1820. The first-order valence-electron chi connectivity index (χ1n) is 20.5. The summed E-state index contributed by atoms with van der Waals surface area (Å²) in [5.41, 5.74) is 6.01. The third-order valence-electron chi connectivity index (χ3n) is 9.56. The van der Waals surface area contributed by atoms with Crippen LogP contribution in [0.1, 0.15) is 116 Å². The molecule has 6 aromatic carbocycles. The second-order valence-electron chi connectivity index (χ2n) is 19.0. The van der Waals surface area contributed by atoms with Crippen LogP contribution in [-0.2, 0) is 41.1 Å². The van der Waals surface area contributed by atoms with E-state index >= 15 is 0 Å². The van der Waals surface area contributed by atoms with E-state index in [9.17, 15) is 10.2 Å². The Balaban J connectivity index is 0.000000379. The molecular formula is C55H72O2PZn+. The van der Waals surface area contributed by atoms with Crippen LogP contribution < -0.4 is 20.8 Å². The van der Waals surface area contributed by atoms with E-state index in [1.807, 2.05) is 72.8 Å². The molecule has 0 aliphatic rings. The fraction of sp³-hybridized carbons (Fsp3) is 0.345. The van der Waals surface area contributed by atoms with E-state index in [0.717, 1.165) is 22.3 Å². The summed E-state index contributed by atoms with van der Waals surface area (Å²) < 4.78 is 0. The first-order valence-corrected chi connectivity index (χ1v) is 22.5. The zero-order chi connectivity index (χ0) is 43.7. The predicted molar refractivity (Wildman–Crippen MR) is 255 cm³/mol. The molecule has 0 aliphatic carbocycles. The molecule has 0 unspecified atom stereocenters. The summed E-state index contributed by atoms with van der Waals surface area (Å²) in [6.45, 7) is 31.5. The van der Waals surface area contributed by atoms with E-state index < -0.39 is 7.92 Å². The van der Waals surface area contributed by atoms with Crippen molar-refractivity contribution in [2.45, 2.75) is 119 Å². The van der Waals surface area contributed by atoms with Crippen LogP contribution >= 0.6 is 7.92 Å². The quantitative estimate of drug-likeness (QED) is 0.129. The van der Waals surface area contributed by atoms with Gasteiger partial charge in [-0.15, -0.1) is 11.5 Å². The van der Waals surface area contributed by atoms with Gasteiger partial charge in [0, 0.05) is 0 Å². The van der Waals surface area contributed by atoms with Gasteiger partial charge in [0.25, 0.3) is 0 Å². The molecule has 0 heterocycles. The van der Waals surface area contributed by atoms with Gasteiger partial charge < -0.3 is 10.2 Å². The summed E-state index contributed by atoms with van der Waals surface area (Å²) in [7, 11) is -0.545. The van der Waals surface area contributed by atoms with E-state index in [-0.39, 0.29) is 52.6 Å². The summed E-state index contributed by atoms with van der Waals surface area (Å²) in [5.74, 6) is 0.412. The Morgan fingerprint density at radius 1 is 0.322 bits per heavy atom.